The van der Waals surface area contributed by atoms with Crippen LogP contribution in [-0.2, 0) is 38.5 Å². The Morgan fingerprint density at radius 1 is 0.716 bits per heavy atom. The van der Waals surface area contributed by atoms with Crippen molar-refractivity contribution in [2.24, 2.45) is 16.9 Å². The van der Waals surface area contributed by atoms with Gasteiger partial charge in [-0.05, 0) is 54.7 Å². The minimum absolute atomic E-state index is 0.0120. The SMILES string of the molecule is CCCC(NC(=O)C(CS(C)(=O)=O)NC(=O)C(NC(=O)OCC(C)C)C1CCCCC1)/C(=N/NC(=O)NC(c1ccccc1)c1ccccc1)C(=O)NCC(=O)NC(C(C)=O)c1ccccc1. The Labute approximate surface area is 392 Å². The van der Waals surface area contributed by atoms with Crippen LogP contribution in [0.15, 0.2) is 96.1 Å². The summed E-state index contributed by atoms with van der Waals surface area (Å²) in [6.45, 7) is 6.20. The van der Waals surface area contributed by atoms with Gasteiger partial charge in [-0.1, -0.05) is 137 Å². The van der Waals surface area contributed by atoms with Crippen molar-refractivity contribution in [1.29, 1.82) is 0 Å². The normalized spacial score (nSPS) is 14.9. The highest BCUT2D eigenvalue weighted by molar-refractivity contribution is 7.90. The third kappa shape index (κ3) is 17.9. The minimum atomic E-state index is -3.95. The first-order valence-electron chi connectivity index (χ1n) is 22.5. The predicted octanol–water partition coefficient (Wildman–Crippen LogP) is 4.14. The van der Waals surface area contributed by atoms with Gasteiger partial charge in [0.1, 0.15) is 33.7 Å². The second-order valence-corrected chi connectivity index (χ2v) is 19.2. The molecule has 4 atom stereocenters. The summed E-state index contributed by atoms with van der Waals surface area (Å²) in [6.07, 6.45) is 4.11. The number of carbonyl (C=O) groups is 7. The Kier molecular flexibility index (Phi) is 21.0. The fourth-order valence-corrected chi connectivity index (χ4v) is 8.44. The predicted molar refractivity (Wildman–Crippen MR) is 253 cm³/mol. The van der Waals surface area contributed by atoms with Crippen molar-refractivity contribution in [1.82, 2.24) is 37.3 Å². The molecule has 4 unspecified atom stereocenters. The average Bonchev–Trinajstić information content (AvgIpc) is 3.30. The first-order chi connectivity index (χ1) is 31.9. The van der Waals surface area contributed by atoms with Gasteiger partial charge in [-0.15, -0.1) is 0 Å². The topological polar surface area (TPSA) is 259 Å². The lowest BCUT2D eigenvalue weighted by molar-refractivity contribution is -0.130. The molecule has 4 rings (SSSR count). The van der Waals surface area contributed by atoms with E-state index in [0.29, 0.717) is 24.8 Å². The molecule has 1 fully saturated rings. The van der Waals surface area contributed by atoms with E-state index in [9.17, 15) is 42.0 Å². The highest BCUT2D eigenvalue weighted by atomic mass is 32.2. The molecule has 0 heterocycles. The number of nitrogens with one attached hydrogen (secondary N) is 7. The maximum Gasteiger partial charge on any atom is 0.407 e. The lowest BCUT2D eigenvalue weighted by Crippen LogP contribution is -2.60. The quantitative estimate of drug-likeness (QED) is 0.0528. The maximum absolute atomic E-state index is 14.3. The van der Waals surface area contributed by atoms with E-state index in [1.54, 1.807) is 37.3 Å². The third-order valence-corrected chi connectivity index (χ3v) is 11.8. The van der Waals surface area contributed by atoms with Gasteiger partial charge < -0.3 is 36.6 Å². The van der Waals surface area contributed by atoms with Crippen LogP contribution in [0.5, 0.6) is 0 Å². The molecule has 0 aliphatic heterocycles. The molecule has 0 aromatic heterocycles. The van der Waals surface area contributed by atoms with Crippen LogP contribution in [-0.4, -0.2) is 99.0 Å². The second-order valence-electron chi connectivity index (χ2n) is 17.1. The average molecular weight is 945 g/mol. The maximum atomic E-state index is 14.3. The van der Waals surface area contributed by atoms with Gasteiger partial charge >= 0.3 is 12.1 Å². The van der Waals surface area contributed by atoms with Gasteiger partial charge in [0, 0.05) is 6.26 Å². The van der Waals surface area contributed by atoms with Gasteiger partial charge in [-0.25, -0.2) is 23.4 Å². The number of hydrogen-bond acceptors (Lipinski definition) is 11. The van der Waals surface area contributed by atoms with Crippen LogP contribution in [0.3, 0.4) is 0 Å². The van der Waals surface area contributed by atoms with Gasteiger partial charge in [-0.3, -0.25) is 24.0 Å². The number of rotatable bonds is 23. The number of carbonyl (C=O) groups excluding carboxylic acids is 7. The largest absolute Gasteiger partial charge is 0.449 e. The molecule has 67 heavy (non-hydrogen) atoms. The summed E-state index contributed by atoms with van der Waals surface area (Å²) < 4.78 is 30.9. The number of sulfone groups is 1. The van der Waals surface area contributed by atoms with Crippen molar-refractivity contribution in [3.8, 4) is 0 Å². The molecule has 0 spiro atoms. The van der Waals surface area contributed by atoms with Crippen molar-refractivity contribution in [2.45, 2.75) is 103 Å². The fourth-order valence-electron chi connectivity index (χ4n) is 7.60. The molecule has 7 amide bonds. The molecule has 3 aromatic rings. The number of benzene rings is 3. The van der Waals surface area contributed by atoms with Crippen LogP contribution in [0.2, 0.25) is 0 Å². The summed E-state index contributed by atoms with van der Waals surface area (Å²) in [4.78, 5) is 94.7. The molecule has 0 bridgehead atoms. The van der Waals surface area contributed by atoms with Crippen molar-refractivity contribution in [3.63, 3.8) is 0 Å². The Bertz CT molecular complexity index is 2240. The second kappa shape index (κ2) is 26.5. The van der Waals surface area contributed by atoms with Gasteiger partial charge in [0.05, 0.1) is 31.0 Å². The number of hydrogen-bond donors (Lipinski definition) is 7. The van der Waals surface area contributed by atoms with Crippen molar-refractivity contribution in [3.05, 3.63) is 108 Å². The number of alkyl carbamates (subject to hydrolysis) is 1. The molecule has 1 aliphatic carbocycles. The fraction of sp³-hybridized carbons (Fsp3) is 0.458. The van der Waals surface area contributed by atoms with E-state index in [2.05, 4.69) is 42.4 Å². The Morgan fingerprint density at radius 2 is 1.27 bits per heavy atom. The van der Waals surface area contributed by atoms with Crippen LogP contribution in [0, 0.1) is 11.8 Å². The van der Waals surface area contributed by atoms with E-state index in [4.69, 9.17) is 4.74 Å². The van der Waals surface area contributed by atoms with Crippen LogP contribution < -0.4 is 37.3 Å². The van der Waals surface area contributed by atoms with Crippen molar-refractivity contribution < 1.29 is 46.7 Å². The molecule has 362 valence electrons. The van der Waals surface area contributed by atoms with E-state index in [1.165, 1.54) is 6.92 Å². The molecular weight excluding hydrogens is 881 g/mol. The summed E-state index contributed by atoms with van der Waals surface area (Å²) in [5.41, 5.74) is 3.87. The first kappa shape index (κ1) is 53.0. The van der Waals surface area contributed by atoms with Gasteiger partial charge in [0.2, 0.25) is 17.7 Å². The number of nitrogens with zero attached hydrogens (tertiary/aromatic N) is 1. The Balaban J connectivity index is 1.64. The highest BCUT2D eigenvalue weighted by Crippen LogP contribution is 2.27. The summed E-state index contributed by atoms with van der Waals surface area (Å²) in [5, 5.41) is 19.9. The zero-order valence-electron chi connectivity index (χ0n) is 38.7. The summed E-state index contributed by atoms with van der Waals surface area (Å²) in [5.74, 6) is -5.07. The number of amides is 7. The number of urea groups is 1. The number of ether oxygens (including phenoxy) is 1. The monoisotopic (exact) mass is 944 g/mol. The Morgan fingerprint density at radius 3 is 1.79 bits per heavy atom. The van der Waals surface area contributed by atoms with Crippen molar-refractivity contribution >= 4 is 57.1 Å². The van der Waals surface area contributed by atoms with Crippen LogP contribution in [0.1, 0.15) is 101 Å². The number of Topliss-reactive ketones (excluding diaryl/α,β-unsaturated/α-hetero) is 1. The molecule has 1 aliphatic rings. The van der Waals surface area contributed by atoms with E-state index in [-0.39, 0.29) is 30.6 Å². The number of hydrazone groups is 1. The van der Waals surface area contributed by atoms with Gasteiger partial charge in [0.25, 0.3) is 5.91 Å². The van der Waals surface area contributed by atoms with E-state index in [0.717, 1.165) is 36.6 Å². The molecule has 19 heteroatoms. The highest BCUT2D eigenvalue weighted by Gasteiger charge is 2.36. The third-order valence-electron chi connectivity index (χ3n) is 10.9. The van der Waals surface area contributed by atoms with E-state index in [1.807, 2.05) is 74.5 Å². The molecule has 7 N–H and O–H groups in total. The van der Waals surface area contributed by atoms with Crippen LogP contribution in [0.4, 0.5) is 9.59 Å². The van der Waals surface area contributed by atoms with Gasteiger partial charge in [0.15, 0.2) is 5.78 Å². The molecular formula is C48H64N8O10S. The summed E-state index contributed by atoms with van der Waals surface area (Å²) in [7, 11) is -3.95. The molecule has 3 aromatic carbocycles. The molecule has 1 saturated carbocycles. The van der Waals surface area contributed by atoms with Gasteiger partial charge in [-0.2, -0.15) is 5.10 Å². The van der Waals surface area contributed by atoms with Crippen LogP contribution in [0.25, 0.3) is 0 Å². The lowest BCUT2D eigenvalue weighted by Gasteiger charge is -2.31. The number of ketones is 1. The first-order valence-corrected chi connectivity index (χ1v) is 24.6. The summed E-state index contributed by atoms with van der Waals surface area (Å²) in [6, 6.07) is 20.0. The zero-order valence-corrected chi connectivity index (χ0v) is 39.5. The minimum Gasteiger partial charge on any atom is -0.449 e. The molecule has 18 nitrogen and oxygen atoms in total. The summed E-state index contributed by atoms with van der Waals surface area (Å²) >= 11 is 0. The molecule has 0 radical (unpaired) electrons. The van der Waals surface area contributed by atoms with Crippen molar-refractivity contribution in [2.75, 3.05) is 25.2 Å². The Hall–Kier alpha value is -6.63. The lowest BCUT2D eigenvalue weighted by atomic mass is 9.83. The smallest absolute Gasteiger partial charge is 0.407 e. The van der Waals surface area contributed by atoms with E-state index >= 15 is 0 Å². The van der Waals surface area contributed by atoms with E-state index < -0.39 is 93.8 Å². The molecule has 0 saturated heterocycles. The zero-order chi connectivity index (χ0) is 48.9. The van der Waals surface area contributed by atoms with Crippen LogP contribution >= 0.6 is 0 Å². The standard InChI is InChI=1S/C48H64N8O10S/c1-6-19-37(50-44(59)38(30-67(5,64)65)51-46(61)42(36-26-17-10-18-27-36)54-48(63)66-29-31(2)3)43(45(60)49-28-39(58)52-40(32(4)57)33-20-11-7-12-21-33)55-56-47(62)53-41(34-22-13-8-14-23-34)35-24-15-9-16-25-35/h7-9,11-16,20-25,31,36-38,40-42H,6,10,17-19,26-30H2,1-5H3,(H,49,60)(H,50,59)(H,51,61)(H,52,58)(H,54,63)(H2,53,56,62)/b55-43-.